The lowest BCUT2D eigenvalue weighted by atomic mass is 9.97. The summed E-state index contributed by atoms with van der Waals surface area (Å²) in [5, 5.41) is 0. The number of benzene rings is 1. The number of esters is 1. The summed E-state index contributed by atoms with van der Waals surface area (Å²) in [6.45, 7) is 8.35. The predicted molar refractivity (Wildman–Crippen MR) is 101 cm³/mol. The number of fused-ring (bicyclic) bond motifs is 1. The van der Waals surface area contributed by atoms with Gasteiger partial charge in [0.15, 0.2) is 0 Å². The molecule has 0 aliphatic carbocycles. The summed E-state index contributed by atoms with van der Waals surface area (Å²) in [6.07, 6.45) is 8.28. The van der Waals surface area contributed by atoms with Crippen molar-refractivity contribution in [2.75, 3.05) is 31.2 Å². The minimum Gasteiger partial charge on any atom is -0.490 e. The van der Waals surface area contributed by atoms with Gasteiger partial charge < -0.3 is 18.9 Å². The van der Waals surface area contributed by atoms with Crippen LogP contribution >= 0.6 is 0 Å². The highest BCUT2D eigenvalue weighted by molar-refractivity contribution is 5.78. The third kappa shape index (κ3) is 4.25. The summed E-state index contributed by atoms with van der Waals surface area (Å²) < 4.78 is 12.9. The number of nitrogens with zero attached hydrogens (tertiary/aromatic N) is 3. The van der Waals surface area contributed by atoms with Gasteiger partial charge in [-0.15, -0.1) is 0 Å². The molecule has 1 aliphatic heterocycles. The molecule has 0 saturated heterocycles. The first-order valence-electron chi connectivity index (χ1n) is 8.95. The Morgan fingerprint density at radius 1 is 1.46 bits per heavy atom. The molecular weight excluding hydrogens is 330 g/mol. The van der Waals surface area contributed by atoms with Gasteiger partial charge in [0.05, 0.1) is 12.9 Å². The molecule has 1 unspecified atom stereocenters. The summed E-state index contributed by atoms with van der Waals surface area (Å²) in [6, 6.07) is 6.06. The van der Waals surface area contributed by atoms with Crippen molar-refractivity contribution in [3.8, 4) is 5.75 Å². The Hall–Kier alpha value is -2.76. The molecule has 0 amide bonds. The quantitative estimate of drug-likeness (QED) is 0.511. The van der Waals surface area contributed by atoms with E-state index in [1.54, 1.807) is 12.3 Å². The molecule has 6 nitrogen and oxygen atoms in total. The number of aromatic nitrogens is 2. The van der Waals surface area contributed by atoms with Crippen LogP contribution in [-0.2, 0) is 16.1 Å². The molecule has 1 atom stereocenters. The van der Waals surface area contributed by atoms with E-state index in [0.717, 1.165) is 30.9 Å². The van der Waals surface area contributed by atoms with E-state index in [1.807, 2.05) is 31.6 Å². The van der Waals surface area contributed by atoms with Gasteiger partial charge in [-0.25, -0.2) is 4.98 Å². The maximum Gasteiger partial charge on any atom is 0.325 e. The minimum absolute atomic E-state index is 0.194. The number of ether oxygens (including phenoxy) is 2. The van der Waals surface area contributed by atoms with Crippen LogP contribution in [0, 0.1) is 0 Å². The fraction of sp³-hybridized carbons (Fsp3) is 0.400. The van der Waals surface area contributed by atoms with Crippen LogP contribution in [0.2, 0.25) is 0 Å². The molecule has 138 valence electrons. The summed E-state index contributed by atoms with van der Waals surface area (Å²) in [7, 11) is 0. The molecule has 6 heteroatoms. The smallest absolute Gasteiger partial charge is 0.325 e. The molecule has 0 spiro atoms. The van der Waals surface area contributed by atoms with Crippen LogP contribution in [0.4, 0.5) is 5.69 Å². The Bertz CT molecular complexity index is 743. The molecule has 26 heavy (non-hydrogen) atoms. The van der Waals surface area contributed by atoms with Crippen LogP contribution in [-0.4, -0.2) is 41.8 Å². The Morgan fingerprint density at radius 2 is 2.35 bits per heavy atom. The average Bonchev–Trinajstić information content (AvgIpc) is 3.26. The summed E-state index contributed by atoms with van der Waals surface area (Å²) in [5.41, 5.74) is 2.30. The Kier molecular flexibility index (Phi) is 5.94. The first kappa shape index (κ1) is 18.0. The molecule has 0 N–H and O–H groups in total. The third-order valence-electron chi connectivity index (χ3n) is 4.51. The van der Waals surface area contributed by atoms with Gasteiger partial charge in [-0.1, -0.05) is 12.7 Å². The maximum atomic E-state index is 12.0. The van der Waals surface area contributed by atoms with Gasteiger partial charge >= 0.3 is 5.97 Å². The van der Waals surface area contributed by atoms with Crippen LogP contribution in [0.15, 0.2) is 49.6 Å². The highest BCUT2D eigenvalue weighted by Crippen LogP contribution is 2.40. The lowest BCUT2D eigenvalue weighted by Crippen LogP contribution is -2.30. The van der Waals surface area contributed by atoms with E-state index in [-0.39, 0.29) is 12.5 Å². The van der Waals surface area contributed by atoms with Gasteiger partial charge in [0, 0.05) is 37.1 Å². The molecule has 1 aromatic heterocycles. The second-order valence-electron chi connectivity index (χ2n) is 6.29. The topological polar surface area (TPSA) is 56.6 Å². The van der Waals surface area contributed by atoms with E-state index in [2.05, 4.69) is 27.1 Å². The molecule has 1 aliphatic rings. The number of aryl methyl sites for hydroxylation is 1. The van der Waals surface area contributed by atoms with Crippen LogP contribution in [0.1, 0.15) is 24.8 Å². The lowest BCUT2D eigenvalue weighted by Gasteiger charge is -2.18. The Labute approximate surface area is 154 Å². The standard InChI is InChI=1S/C20H25N3O3/c1-3-11-26-17-5-6-19-18(12-17)16(7-9-22-10-8-21-15-22)13-23(19)14-20(24)25-4-2/h3,5-6,8,10,12,15-16H,1,4,7,9,11,13-14H2,2H3. The molecule has 3 rings (SSSR count). The predicted octanol–water partition coefficient (Wildman–Crippen LogP) is 3.00. The first-order chi connectivity index (χ1) is 12.7. The van der Waals surface area contributed by atoms with Crippen molar-refractivity contribution in [3.05, 3.63) is 55.1 Å². The fourth-order valence-electron chi connectivity index (χ4n) is 3.34. The van der Waals surface area contributed by atoms with Gasteiger partial charge in [0.25, 0.3) is 0 Å². The fourth-order valence-corrected chi connectivity index (χ4v) is 3.34. The highest BCUT2D eigenvalue weighted by Gasteiger charge is 2.30. The van der Waals surface area contributed by atoms with Crippen LogP contribution in [0.25, 0.3) is 0 Å². The number of hydrogen-bond acceptors (Lipinski definition) is 5. The number of carbonyl (C=O) groups is 1. The number of imidazole rings is 1. The average molecular weight is 355 g/mol. The molecule has 0 fully saturated rings. The zero-order chi connectivity index (χ0) is 18.4. The molecule has 0 saturated carbocycles. The largest absolute Gasteiger partial charge is 0.490 e. The monoisotopic (exact) mass is 355 g/mol. The summed E-state index contributed by atoms with van der Waals surface area (Å²) in [4.78, 5) is 18.2. The molecule has 0 bridgehead atoms. The third-order valence-corrected chi connectivity index (χ3v) is 4.51. The van der Waals surface area contributed by atoms with E-state index in [9.17, 15) is 4.79 Å². The van der Waals surface area contributed by atoms with Crippen LogP contribution < -0.4 is 9.64 Å². The minimum atomic E-state index is -0.194. The maximum absolute atomic E-state index is 12.0. The number of anilines is 1. The van der Waals surface area contributed by atoms with E-state index >= 15 is 0 Å². The highest BCUT2D eigenvalue weighted by atomic mass is 16.5. The van der Waals surface area contributed by atoms with Crippen LogP contribution in [0.3, 0.4) is 0 Å². The zero-order valence-electron chi connectivity index (χ0n) is 15.1. The second-order valence-corrected chi connectivity index (χ2v) is 6.29. The second kappa shape index (κ2) is 8.56. The van der Waals surface area contributed by atoms with E-state index < -0.39 is 0 Å². The van der Waals surface area contributed by atoms with Gasteiger partial charge in [-0.05, 0) is 37.1 Å². The summed E-state index contributed by atoms with van der Waals surface area (Å²) >= 11 is 0. The van der Waals surface area contributed by atoms with Crippen LogP contribution in [0.5, 0.6) is 5.75 Å². The van der Waals surface area contributed by atoms with Crippen molar-refractivity contribution in [2.45, 2.75) is 25.8 Å². The number of carbonyl (C=O) groups excluding carboxylic acids is 1. The molecule has 1 aromatic carbocycles. The molecule has 0 radical (unpaired) electrons. The van der Waals surface area contributed by atoms with Crippen molar-refractivity contribution < 1.29 is 14.3 Å². The Morgan fingerprint density at radius 3 is 3.08 bits per heavy atom. The molecular formula is C20H25N3O3. The van der Waals surface area contributed by atoms with E-state index in [0.29, 0.717) is 19.1 Å². The van der Waals surface area contributed by atoms with Crippen molar-refractivity contribution in [3.63, 3.8) is 0 Å². The van der Waals surface area contributed by atoms with Crippen molar-refractivity contribution in [1.29, 1.82) is 0 Å². The SMILES string of the molecule is C=CCOc1ccc2c(c1)C(CCn1ccnc1)CN2CC(=O)OCC. The molecule has 2 aromatic rings. The van der Waals surface area contributed by atoms with Crippen molar-refractivity contribution in [2.24, 2.45) is 0 Å². The van der Waals surface area contributed by atoms with Gasteiger partial charge in [-0.2, -0.15) is 0 Å². The Balaban J connectivity index is 1.77. The molecule has 2 heterocycles. The number of rotatable bonds is 9. The normalized spacial score (nSPS) is 15.6. The van der Waals surface area contributed by atoms with E-state index in [1.165, 1.54) is 5.56 Å². The van der Waals surface area contributed by atoms with Gasteiger partial charge in [0.2, 0.25) is 0 Å². The van der Waals surface area contributed by atoms with Gasteiger partial charge in [-0.3, -0.25) is 4.79 Å². The first-order valence-corrected chi connectivity index (χ1v) is 8.95. The summed E-state index contributed by atoms with van der Waals surface area (Å²) in [5.74, 6) is 0.962. The van der Waals surface area contributed by atoms with E-state index in [4.69, 9.17) is 9.47 Å². The lowest BCUT2D eigenvalue weighted by molar-refractivity contribution is -0.141. The zero-order valence-corrected chi connectivity index (χ0v) is 15.1. The van der Waals surface area contributed by atoms with Crippen molar-refractivity contribution in [1.82, 2.24) is 9.55 Å². The van der Waals surface area contributed by atoms with Gasteiger partial charge in [0.1, 0.15) is 18.9 Å². The number of hydrogen-bond donors (Lipinski definition) is 0. The van der Waals surface area contributed by atoms with Crippen molar-refractivity contribution >= 4 is 11.7 Å².